The van der Waals surface area contributed by atoms with E-state index in [1.807, 2.05) is 18.2 Å². The van der Waals surface area contributed by atoms with Gasteiger partial charge in [-0.1, -0.05) is 23.7 Å². The number of aromatic nitrogens is 2. The van der Waals surface area contributed by atoms with Crippen molar-refractivity contribution < 1.29 is 14.6 Å². The molecule has 0 spiro atoms. The topological polar surface area (TPSA) is 78.4 Å². The van der Waals surface area contributed by atoms with Gasteiger partial charge in [-0.05, 0) is 17.7 Å². The molecule has 0 amide bonds. The Labute approximate surface area is 132 Å². The summed E-state index contributed by atoms with van der Waals surface area (Å²) in [5.74, 6) is -1.03. The lowest BCUT2D eigenvalue weighted by Crippen LogP contribution is -2.35. The Kier molecular flexibility index (Phi) is 4.42. The molecule has 1 saturated heterocycles. The van der Waals surface area contributed by atoms with Gasteiger partial charge < -0.3 is 9.84 Å². The second-order valence-corrected chi connectivity index (χ2v) is 5.57. The van der Waals surface area contributed by atoms with Crippen molar-refractivity contribution in [1.82, 2.24) is 15.1 Å². The average Bonchev–Trinajstić information content (AvgIpc) is 3.00. The number of H-pyrrole nitrogens is 1. The first kappa shape index (κ1) is 15.0. The lowest BCUT2D eigenvalue weighted by atomic mass is 10.1. The van der Waals surface area contributed by atoms with Gasteiger partial charge in [-0.15, -0.1) is 0 Å². The number of aromatic amines is 1. The largest absolute Gasteiger partial charge is 0.477 e. The van der Waals surface area contributed by atoms with E-state index in [0.717, 1.165) is 44.0 Å². The summed E-state index contributed by atoms with van der Waals surface area (Å²) in [5, 5.41) is 16.1. The minimum absolute atomic E-state index is 0.0588. The van der Waals surface area contributed by atoms with Gasteiger partial charge in [-0.25, -0.2) is 4.79 Å². The van der Waals surface area contributed by atoms with Crippen molar-refractivity contribution in [3.05, 3.63) is 40.5 Å². The number of carbonyl (C=O) groups is 1. The molecule has 0 unspecified atom stereocenters. The first-order chi connectivity index (χ1) is 10.6. The van der Waals surface area contributed by atoms with Gasteiger partial charge in [0.05, 0.1) is 18.9 Å². The Hall–Kier alpha value is -1.89. The predicted molar refractivity (Wildman–Crippen MR) is 82.1 cm³/mol. The van der Waals surface area contributed by atoms with E-state index < -0.39 is 5.97 Å². The molecular formula is C15H16ClN3O3. The molecule has 0 radical (unpaired) electrons. The van der Waals surface area contributed by atoms with Crippen molar-refractivity contribution >= 4 is 17.6 Å². The molecule has 0 atom stereocenters. The van der Waals surface area contributed by atoms with Gasteiger partial charge in [0.1, 0.15) is 5.69 Å². The van der Waals surface area contributed by atoms with Gasteiger partial charge in [0.15, 0.2) is 0 Å². The summed E-state index contributed by atoms with van der Waals surface area (Å²) in [5.41, 5.74) is 2.46. The fourth-order valence-corrected chi connectivity index (χ4v) is 2.65. The van der Waals surface area contributed by atoms with Crippen LogP contribution in [0.5, 0.6) is 0 Å². The van der Waals surface area contributed by atoms with Gasteiger partial charge in [0, 0.05) is 30.2 Å². The third-order valence-electron chi connectivity index (χ3n) is 3.65. The maximum Gasteiger partial charge on any atom is 0.353 e. The molecule has 6 nitrogen and oxygen atoms in total. The Morgan fingerprint density at radius 1 is 1.36 bits per heavy atom. The van der Waals surface area contributed by atoms with E-state index in [0.29, 0.717) is 10.7 Å². The van der Waals surface area contributed by atoms with Crippen molar-refractivity contribution in [3.8, 4) is 11.3 Å². The van der Waals surface area contributed by atoms with Gasteiger partial charge in [-0.3, -0.25) is 10.00 Å². The number of morpholine rings is 1. The van der Waals surface area contributed by atoms with Gasteiger partial charge in [0.2, 0.25) is 0 Å². The molecule has 7 heteroatoms. The molecule has 1 fully saturated rings. The first-order valence-corrected chi connectivity index (χ1v) is 7.39. The quantitative estimate of drug-likeness (QED) is 0.903. The third kappa shape index (κ3) is 3.30. The van der Waals surface area contributed by atoms with E-state index in [9.17, 15) is 4.79 Å². The smallest absolute Gasteiger partial charge is 0.353 e. The number of hydrogen-bond acceptors (Lipinski definition) is 4. The molecular weight excluding hydrogens is 306 g/mol. The number of rotatable bonds is 4. The van der Waals surface area contributed by atoms with Crippen LogP contribution in [-0.4, -0.2) is 52.5 Å². The number of nitrogens with one attached hydrogen (secondary N) is 1. The van der Waals surface area contributed by atoms with Crippen LogP contribution in [0.15, 0.2) is 24.3 Å². The normalized spacial score (nSPS) is 15.9. The van der Waals surface area contributed by atoms with Crippen molar-refractivity contribution in [2.24, 2.45) is 0 Å². The van der Waals surface area contributed by atoms with Crippen molar-refractivity contribution in [2.45, 2.75) is 6.54 Å². The molecule has 1 aliphatic heterocycles. The summed E-state index contributed by atoms with van der Waals surface area (Å²) in [6, 6.07) is 7.18. The highest BCUT2D eigenvalue weighted by Gasteiger charge is 2.14. The number of carboxylic acid groups (broad SMARTS) is 1. The van der Waals surface area contributed by atoms with Crippen LogP contribution in [0.4, 0.5) is 0 Å². The molecule has 1 aliphatic rings. The van der Waals surface area contributed by atoms with Crippen molar-refractivity contribution in [1.29, 1.82) is 0 Å². The van der Waals surface area contributed by atoms with Crippen LogP contribution in [-0.2, 0) is 11.3 Å². The molecule has 0 saturated carbocycles. The SMILES string of the molecule is O=C(O)c1cc(-c2ccc(CN3CCOCC3)c(Cl)c2)n[nH]1. The van der Waals surface area contributed by atoms with E-state index in [1.54, 1.807) is 0 Å². The fraction of sp³-hybridized carbons (Fsp3) is 0.333. The second-order valence-electron chi connectivity index (χ2n) is 5.17. The maximum absolute atomic E-state index is 10.9. The number of carboxylic acids is 1. The summed E-state index contributed by atoms with van der Waals surface area (Å²) >= 11 is 6.36. The Morgan fingerprint density at radius 3 is 2.77 bits per heavy atom. The number of ether oxygens (including phenoxy) is 1. The minimum atomic E-state index is -1.03. The molecule has 116 valence electrons. The molecule has 2 heterocycles. The van der Waals surface area contributed by atoms with Crippen molar-refractivity contribution in [2.75, 3.05) is 26.3 Å². The number of nitrogens with zero attached hydrogens (tertiary/aromatic N) is 2. The van der Waals surface area contributed by atoms with Crippen LogP contribution in [0.2, 0.25) is 5.02 Å². The van der Waals surface area contributed by atoms with Crippen LogP contribution in [0, 0.1) is 0 Å². The van der Waals surface area contributed by atoms with E-state index >= 15 is 0 Å². The summed E-state index contributed by atoms with van der Waals surface area (Å²) < 4.78 is 5.33. The van der Waals surface area contributed by atoms with Crippen LogP contribution < -0.4 is 0 Å². The van der Waals surface area contributed by atoms with Gasteiger partial charge in [0.25, 0.3) is 0 Å². The van der Waals surface area contributed by atoms with Gasteiger partial charge in [-0.2, -0.15) is 5.10 Å². The van der Waals surface area contributed by atoms with Crippen LogP contribution >= 0.6 is 11.6 Å². The highest BCUT2D eigenvalue weighted by atomic mass is 35.5. The molecule has 1 aromatic heterocycles. The summed E-state index contributed by atoms with van der Waals surface area (Å²) in [6.07, 6.45) is 0. The van der Waals surface area contributed by atoms with Crippen LogP contribution in [0.25, 0.3) is 11.3 Å². The lowest BCUT2D eigenvalue weighted by Gasteiger charge is -2.26. The van der Waals surface area contributed by atoms with E-state index in [4.69, 9.17) is 21.4 Å². The first-order valence-electron chi connectivity index (χ1n) is 7.01. The van der Waals surface area contributed by atoms with Crippen LogP contribution in [0.1, 0.15) is 16.1 Å². The molecule has 0 bridgehead atoms. The zero-order valence-electron chi connectivity index (χ0n) is 11.9. The molecule has 0 aliphatic carbocycles. The highest BCUT2D eigenvalue weighted by Crippen LogP contribution is 2.26. The zero-order chi connectivity index (χ0) is 15.5. The summed E-state index contributed by atoms with van der Waals surface area (Å²) in [6.45, 7) is 4.09. The van der Waals surface area contributed by atoms with Gasteiger partial charge >= 0.3 is 5.97 Å². The highest BCUT2D eigenvalue weighted by molar-refractivity contribution is 6.31. The zero-order valence-corrected chi connectivity index (χ0v) is 12.6. The third-order valence-corrected chi connectivity index (χ3v) is 4.01. The number of benzene rings is 1. The van der Waals surface area contributed by atoms with E-state index in [1.165, 1.54) is 6.07 Å². The number of hydrogen-bond donors (Lipinski definition) is 2. The monoisotopic (exact) mass is 321 g/mol. The van der Waals surface area contributed by atoms with E-state index in [-0.39, 0.29) is 5.69 Å². The van der Waals surface area contributed by atoms with E-state index in [2.05, 4.69) is 15.1 Å². The Morgan fingerprint density at radius 2 is 2.14 bits per heavy atom. The number of aromatic carboxylic acids is 1. The average molecular weight is 322 g/mol. The van der Waals surface area contributed by atoms with Crippen LogP contribution in [0.3, 0.4) is 0 Å². The molecule has 1 aromatic carbocycles. The predicted octanol–water partition coefficient (Wildman–Crippen LogP) is 2.26. The fourth-order valence-electron chi connectivity index (χ4n) is 2.41. The Balaban J connectivity index is 1.77. The summed E-state index contributed by atoms with van der Waals surface area (Å²) in [4.78, 5) is 13.2. The number of halogens is 1. The molecule has 3 rings (SSSR count). The minimum Gasteiger partial charge on any atom is -0.477 e. The Bertz CT molecular complexity index is 680. The van der Waals surface area contributed by atoms with Crippen molar-refractivity contribution in [3.63, 3.8) is 0 Å². The lowest BCUT2D eigenvalue weighted by molar-refractivity contribution is 0.0342. The molecule has 2 aromatic rings. The maximum atomic E-state index is 10.9. The summed E-state index contributed by atoms with van der Waals surface area (Å²) in [7, 11) is 0. The standard InChI is InChI=1S/C15H16ClN3O3/c16-12-7-10(13-8-14(15(20)21)18-17-13)1-2-11(12)9-19-3-5-22-6-4-19/h1-2,7-8H,3-6,9H2,(H,17,18)(H,20,21). The second kappa shape index (κ2) is 6.48. The molecule has 22 heavy (non-hydrogen) atoms. The molecule has 2 N–H and O–H groups in total.